The van der Waals surface area contributed by atoms with E-state index in [9.17, 15) is 9.59 Å². The van der Waals surface area contributed by atoms with Crippen LogP contribution < -0.4 is 11.1 Å². The molecule has 1 unspecified atom stereocenters. The monoisotopic (exact) mass is 210 g/mol. The molecule has 0 saturated heterocycles. The maximum atomic E-state index is 11.4. The van der Waals surface area contributed by atoms with Crippen molar-refractivity contribution in [1.82, 2.24) is 15.1 Å². The van der Waals surface area contributed by atoms with Gasteiger partial charge in [-0.3, -0.25) is 14.8 Å². The largest absolute Gasteiger partial charge is 0.351 e. The van der Waals surface area contributed by atoms with E-state index in [2.05, 4.69) is 5.10 Å². The average Bonchev–Trinajstić information content (AvgIpc) is 2.42. The number of nitrogens with one attached hydrogen (secondary N) is 1. The number of imide groups is 1. The lowest BCUT2D eigenvalue weighted by Gasteiger charge is -2.12. The Kier molecular flexibility index (Phi) is 3.08. The van der Waals surface area contributed by atoms with Gasteiger partial charge in [0.25, 0.3) is 5.91 Å². The Labute approximate surface area is 87.4 Å². The first-order valence-electron chi connectivity index (χ1n) is 4.55. The molecule has 0 aromatic carbocycles. The summed E-state index contributed by atoms with van der Waals surface area (Å²) in [4.78, 5) is 21.9. The third kappa shape index (κ3) is 2.55. The summed E-state index contributed by atoms with van der Waals surface area (Å²) in [5.41, 5.74) is 6.54. The summed E-state index contributed by atoms with van der Waals surface area (Å²) < 4.78 is 1.55. The molecule has 0 saturated carbocycles. The van der Waals surface area contributed by atoms with Gasteiger partial charge < -0.3 is 5.73 Å². The molecular weight excluding hydrogens is 196 g/mol. The Hall–Kier alpha value is -1.85. The van der Waals surface area contributed by atoms with Crippen molar-refractivity contribution in [1.29, 1.82) is 0 Å². The fourth-order valence-electron chi connectivity index (χ4n) is 1.38. The first kappa shape index (κ1) is 11.2. The molecule has 1 aromatic heterocycles. The number of rotatable bonds is 2. The lowest BCUT2D eigenvalue weighted by Crippen LogP contribution is -2.39. The minimum absolute atomic E-state index is 0.464. The van der Waals surface area contributed by atoms with E-state index < -0.39 is 18.0 Å². The van der Waals surface area contributed by atoms with Crippen molar-refractivity contribution in [3.63, 3.8) is 0 Å². The topological polar surface area (TPSA) is 90.0 Å². The van der Waals surface area contributed by atoms with Gasteiger partial charge in [-0.1, -0.05) is 0 Å². The van der Waals surface area contributed by atoms with E-state index in [1.807, 2.05) is 25.2 Å². The van der Waals surface area contributed by atoms with Crippen molar-refractivity contribution in [2.45, 2.75) is 26.8 Å². The van der Waals surface area contributed by atoms with Crippen molar-refractivity contribution in [2.75, 3.05) is 0 Å². The normalized spacial score (nSPS) is 12.2. The maximum Gasteiger partial charge on any atom is 0.318 e. The van der Waals surface area contributed by atoms with Gasteiger partial charge in [-0.2, -0.15) is 5.10 Å². The predicted molar refractivity (Wildman–Crippen MR) is 54.1 cm³/mol. The molecule has 0 bridgehead atoms. The van der Waals surface area contributed by atoms with Crippen LogP contribution >= 0.6 is 0 Å². The van der Waals surface area contributed by atoms with E-state index in [4.69, 9.17) is 5.73 Å². The summed E-state index contributed by atoms with van der Waals surface area (Å²) in [5.74, 6) is -0.464. The molecule has 0 radical (unpaired) electrons. The summed E-state index contributed by atoms with van der Waals surface area (Å²) in [7, 11) is 0. The molecule has 1 heterocycles. The van der Waals surface area contributed by atoms with Crippen molar-refractivity contribution < 1.29 is 9.59 Å². The highest BCUT2D eigenvalue weighted by Crippen LogP contribution is 2.10. The van der Waals surface area contributed by atoms with Crippen molar-refractivity contribution in [2.24, 2.45) is 5.73 Å². The number of nitrogens with two attached hydrogens (primary N) is 1. The zero-order valence-electron chi connectivity index (χ0n) is 8.94. The van der Waals surface area contributed by atoms with E-state index in [1.54, 1.807) is 11.6 Å². The van der Waals surface area contributed by atoms with Crippen LogP contribution in [-0.4, -0.2) is 21.7 Å². The molecule has 0 aliphatic heterocycles. The standard InChI is InChI=1S/C9H14N4O2/c1-5-4-6(2)13(12-5)7(3)8(14)11-9(10)15/h4,7H,1-3H3,(H3,10,11,14,15). The van der Waals surface area contributed by atoms with Gasteiger partial charge in [-0.25, -0.2) is 4.79 Å². The zero-order chi connectivity index (χ0) is 11.6. The van der Waals surface area contributed by atoms with Gasteiger partial charge in [0.1, 0.15) is 6.04 Å². The van der Waals surface area contributed by atoms with Gasteiger partial charge in [0.15, 0.2) is 0 Å². The Morgan fingerprint density at radius 1 is 1.53 bits per heavy atom. The molecule has 1 aromatic rings. The molecule has 15 heavy (non-hydrogen) atoms. The first-order valence-corrected chi connectivity index (χ1v) is 4.55. The van der Waals surface area contributed by atoms with E-state index in [1.165, 1.54) is 0 Å². The molecule has 82 valence electrons. The molecule has 0 fully saturated rings. The molecule has 0 spiro atoms. The number of hydrogen-bond acceptors (Lipinski definition) is 3. The fraction of sp³-hybridized carbons (Fsp3) is 0.444. The number of hydrogen-bond donors (Lipinski definition) is 2. The van der Waals surface area contributed by atoms with Gasteiger partial charge in [0.05, 0.1) is 5.69 Å². The molecule has 6 heteroatoms. The molecule has 6 nitrogen and oxygen atoms in total. The second kappa shape index (κ2) is 4.12. The van der Waals surface area contributed by atoms with Gasteiger partial charge in [-0.15, -0.1) is 0 Å². The Morgan fingerprint density at radius 2 is 2.13 bits per heavy atom. The summed E-state index contributed by atoms with van der Waals surface area (Å²) >= 11 is 0. The summed E-state index contributed by atoms with van der Waals surface area (Å²) in [5, 5.41) is 6.16. The SMILES string of the molecule is Cc1cc(C)n(C(C)C(=O)NC(N)=O)n1. The van der Waals surface area contributed by atoms with Crippen LogP contribution in [0.4, 0.5) is 4.79 Å². The van der Waals surface area contributed by atoms with Crippen LogP contribution in [0.3, 0.4) is 0 Å². The van der Waals surface area contributed by atoms with Gasteiger partial charge in [0, 0.05) is 5.69 Å². The highest BCUT2D eigenvalue weighted by molar-refractivity contribution is 5.95. The van der Waals surface area contributed by atoms with Crippen molar-refractivity contribution in [3.8, 4) is 0 Å². The molecule has 3 amide bonds. The predicted octanol–water partition coefficient (Wildman–Crippen LogP) is 0.256. The maximum absolute atomic E-state index is 11.4. The zero-order valence-corrected chi connectivity index (χ0v) is 8.94. The average molecular weight is 210 g/mol. The lowest BCUT2D eigenvalue weighted by atomic mass is 10.3. The fourth-order valence-corrected chi connectivity index (χ4v) is 1.38. The molecule has 1 rings (SSSR count). The van der Waals surface area contributed by atoms with Crippen LogP contribution in [0.25, 0.3) is 0 Å². The highest BCUT2D eigenvalue weighted by Gasteiger charge is 2.18. The van der Waals surface area contributed by atoms with Crippen LogP contribution in [0.15, 0.2) is 6.07 Å². The van der Waals surface area contributed by atoms with E-state index in [0.29, 0.717) is 0 Å². The number of nitrogens with zero attached hydrogens (tertiary/aromatic N) is 2. The second-order valence-corrected chi connectivity index (χ2v) is 3.40. The number of carbonyl (C=O) groups is 2. The lowest BCUT2D eigenvalue weighted by molar-refractivity contribution is -0.123. The second-order valence-electron chi connectivity index (χ2n) is 3.40. The molecule has 1 atom stereocenters. The van der Waals surface area contributed by atoms with Gasteiger partial charge in [-0.05, 0) is 26.8 Å². The third-order valence-electron chi connectivity index (χ3n) is 2.04. The Morgan fingerprint density at radius 3 is 2.53 bits per heavy atom. The Bertz CT molecular complexity index is 397. The minimum Gasteiger partial charge on any atom is -0.351 e. The third-order valence-corrected chi connectivity index (χ3v) is 2.04. The summed E-state index contributed by atoms with van der Waals surface area (Å²) in [6.07, 6.45) is 0. The van der Waals surface area contributed by atoms with Crippen LogP contribution in [0, 0.1) is 13.8 Å². The van der Waals surface area contributed by atoms with Crippen LogP contribution in [0.5, 0.6) is 0 Å². The number of aryl methyl sites for hydroxylation is 2. The first-order chi connectivity index (χ1) is 6.91. The smallest absolute Gasteiger partial charge is 0.318 e. The van der Waals surface area contributed by atoms with Crippen molar-refractivity contribution in [3.05, 3.63) is 17.5 Å². The molecule has 0 aliphatic rings. The van der Waals surface area contributed by atoms with Crippen LogP contribution in [-0.2, 0) is 4.79 Å². The number of primary amides is 1. The summed E-state index contributed by atoms with van der Waals surface area (Å²) in [6, 6.07) is 0.452. The number of aromatic nitrogens is 2. The van der Waals surface area contributed by atoms with E-state index >= 15 is 0 Å². The molecule has 0 aliphatic carbocycles. The van der Waals surface area contributed by atoms with Gasteiger partial charge in [0.2, 0.25) is 0 Å². The van der Waals surface area contributed by atoms with Crippen LogP contribution in [0.1, 0.15) is 24.4 Å². The number of urea groups is 1. The van der Waals surface area contributed by atoms with E-state index in [0.717, 1.165) is 11.4 Å². The van der Waals surface area contributed by atoms with Crippen molar-refractivity contribution >= 4 is 11.9 Å². The molecular formula is C9H14N4O2. The number of carbonyl (C=O) groups excluding carboxylic acids is 2. The van der Waals surface area contributed by atoms with Crippen LogP contribution in [0.2, 0.25) is 0 Å². The quantitative estimate of drug-likeness (QED) is 0.733. The molecule has 3 N–H and O–H groups in total. The minimum atomic E-state index is -0.853. The van der Waals surface area contributed by atoms with Gasteiger partial charge >= 0.3 is 6.03 Å². The Balaban J connectivity index is 2.84. The summed E-state index contributed by atoms with van der Waals surface area (Å²) in [6.45, 7) is 5.33. The highest BCUT2D eigenvalue weighted by atomic mass is 16.2. The van der Waals surface area contributed by atoms with E-state index in [-0.39, 0.29) is 0 Å². The number of amides is 3.